The van der Waals surface area contributed by atoms with E-state index in [1.807, 2.05) is 6.92 Å². The third kappa shape index (κ3) is 4.14. The smallest absolute Gasteiger partial charge is 0.218 e. The molecule has 0 saturated heterocycles. The van der Waals surface area contributed by atoms with Crippen molar-refractivity contribution in [2.45, 2.75) is 39.8 Å². The SMILES string of the molecule is CCOc1ncc(F)cc1CNC(C)(C)C. The molecule has 0 aliphatic rings. The topological polar surface area (TPSA) is 34.1 Å². The molecule has 0 amide bonds. The Balaban J connectivity index is 2.79. The maximum Gasteiger partial charge on any atom is 0.218 e. The van der Waals surface area contributed by atoms with Crippen LogP contribution in [0.3, 0.4) is 0 Å². The third-order valence-corrected chi connectivity index (χ3v) is 1.98. The first-order chi connectivity index (χ1) is 7.42. The number of rotatable bonds is 4. The highest BCUT2D eigenvalue weighted by Crippen LogP contribution is 2.17. The fourth-order valence-corrected chi connectivity index (χ4v) is 1.22. The van der Waals surface area contributed by atoms with Gasteiger partial charge >= 0.3 is 0 Å². The fraction of sp³-hybridized carbons (Fsp3) is 0.583. The van der Waals surface area contributed by atoms with Crippen LogP contribution in [-0.2, 0) is 6.54 Å². The summed E-state index contributed by atoms with van der Waals surface area (Å²) in [6, 6.07) is 1.46. The molecule has 0 atom stereocenters. The highest BCUT2D eigenvalue weighted by Gasteiger charge is 2.12. The monoisotopic (exact) mass is 226 g/mol. The van der Waals surface area contributed by atoms with Crippen molar-refractivity contribution < 1.29 is 9.13 Å². The summed E-state index contributed by atoms with van der Waals surface area (Å²) in [5.74, 6) is 0.162. The van der Waals surface area contributed by atoms with Crippen molar-refractivity contribution in [2.75, 3.05) is 6.61 Å². The number of hydrogen-bond acceptors (Lipinski definition) is 3. The largest absolute Gasteiger partial charge is 0.478 e. The van der Waals surface area contributed by atoms with E-state index >= 15 is 0 Å². The third-order valence-electron chi connectivity index (χ3n) is 1.98. The van der Waals surface area contributed by atoms with Crippen molar-refractivity contribution in [3.8, 4) is 5.88 Å². The van der Waals surface area contributed by atoms with Crippen molar-refractivity contribution in [1.29, 1.82) is 0 Å². The second-order valence-corrected chi connectivity index (χ2v) is 4.65. The van der Waals surface area contributed by atoms with Gasteiger partial charge in [0.2, 0.25) is 5.88 Å². The molecule has 0 aromatic carbocycles. The Labute approximate surface area is 96.0 Å². The van der Waals surface area contributed by atoms with Crippen LogP contribution in [0.4, 0.5) is 4.39 Å². The number of nitrogens with zero attached hydrogens (tertiary/aromatic N) is 1. The quantitative estimate of drug-likeness (QED) is 0.856. The average molecular weight is 226 g/mol. The molecule has 3 nitrogen and oxygen atoms in total. The lowest BCUT2D eigenvalue weighted by Crippen LogP contribution is -2.35. The maximum atomic E-state index is 13.1. The first-order valence-electron chi connectivity index (χ1n) is 5.44. The van der Waals surface area contributed by atoms with Gasteiger partial charge in [0, 0.05) is 17.6 Å². The zero-order valence-corrected chi connectivity index (χ0v) is 10.3. The summed E-state index contributed by atoms with van der Waals surface area (Å²) in [5, 5.41) is 3.28. The van der Waals surface area contributed by atoms with Gasteiger partial charge in [-0.15, -0.1) is 0 Å². The van der Waals surface area contributed by atoms with E-state index in [0.717, 1.165) is 5.56 Å². The molecule has 0 aliphatic heterocycles. The minimum atomic E-state index is -0.339. The Hall–Kier alpha value is -1.16. The van der Waals surface area contributed by atoms with E-state index in [2.05, 4.69) is 31.1 Å². The summed E-state index contributed by atoms with van der Waals surface area (Å²) in [6.45, 7) is 9.12. The Kier molecular flexibility index (Phi) is 4.24. The molecule has 0 fully saturated rings. The van der Waals surface area contributed by atoms with Gasteiger partial charge < -0.3 is 10.1 Å². The molecule has 90 valence electrons. The molecule has 0 radical (unpaired) electrons. The summed E-state index contributed by atoms with van der Waals surface area (Å²) in [7, 11) is 0. The van der Waals surface area contributed by atoms with Crippen molar-refractivity contribution in [2.24, 2.45) is 0 Å². The number of hydrogen-bond donors (Lipinski definition) is 1. The van der Waals surface area contributed by atoms with E-state index < -0.39 is 0 Å². The molecule has 1 aromatic rings. The molecule has 0 bridgehead atoms. The second kappa shape index (κ2) is 5.25. The number of aromatic nitrogens is 1. The summed E-state index contributed by atoms with van der Waals surface area (Å²) in [4.78, 5) is 3.93. The van der Waals surface area contributed by atoms with E-state index in [1.54, 1.807) is 0 Å². The van der Waals surface area contributed by atoms with Crippen LogP contribution in [-0.4, -0.2) is 17.1 Å². The standard InChI is InChI=1S/C12H19FN2O/c1-5-16-11-9(6-10(13)8-14-11)7-15-12(2,3)4/h6,8,15H,5,7H2,1-4H3. The van der Waals surface area contributed by atoms with Gasteiger partial charge in [-0.3, -0.25) is 0 Å². The highest BCUT2D eigenvalue weighted by molar-refractivity contribution is 5.26. The predicted molar refractivity (Wildman–Crippen MR) is 62.0 cm³/mol. The van der Waals surface area contributed by atoms with Crippen LogP contribution < -0.4 is 10.1 Å². The molecular weight excluding hydrogens is 207 g/mol. The van der Waals surface area contributed by atoms with E-state index in [-0.39, 0.29) is 11.4 Å². The lowest BCUT2D eigenvalue weighted by atomic mass is 10.1. The molecule has 1 N–H and O–H groups in total. The lowest BCUT2D eigenvalue weighted by Gasteiger charge is -2.21. The summed E-state index contributed by atoms with van der Waals surface area (Å²) in [6.07, 6.45) is 1.17. The van der Waals surface area contributed by atoms with Crippen LogP contribution in [0, 0.1) is 5.82 Å². The lowest BCUT2D eigenvalue weighted by molar-refractivity contribution is 0.317. The van der Waals surface area contributed by atoms with Gasteiger partial charge in [0.05, 0.1) is 12.8 Å². The second-order valence-electron chi connectivity index (χ2n) is 4.65. The zero-order valence-electron chi connectivity index (χ0n) is 10.3. The van der Waals surface area contributed by atoms with Crippen LogP contribution in [0.25, 0.3) is 0 Å². The number of pyridine rings is 1. The molecular formula is C12H19FN2O. The van der Waals surface area contributed by atoms with E-state index in [1.165, 1.54) is 12.3 Å². The molecule has 1 aromatic heterocycles. The first-order valence-corrected chi connectivity index (χ1v) is 5.44. The predicted octanol–water partition coefficient (Wildman–Crippen LogP) is 2.51. The van der Waals surface area contributed by atoms with Gasteiger partial charge in [0.15, 0.2) is 0 Å². The van der Waals surface area contributed by atoms with E-state index in [4.69, 9.17) is 4.74 Å². The van der Waals surface area contributed by atoms with Gasteiger partial charge in [0.25, 0.3) is 0 Å². The highest BCUT2D eigenvalue weighted by atomic mass is 19.1. The van der Waals surface area contributed by atoms with Gasteiger partial charge in [-0.2, -0.15) is 0 Å². The Morgan fingerprint density at radius 1 is 1.44 bits per heavy atom. The Morgan fingerprint density at radius 2 is 2.12 bits per heavy atom. The van der Waals surface area contributed by atoms with Crippen LogP contribution in [0.2, 0.25) is 0 Å². The zero-order chi connectivity index (χ0) is 12.2. The van der Waals surface area contributed by atoms with Gasteiger partial charge in [-0.25, -0.2) is 9.37 Å². The minimum Gasteiger partial charge on any atom is -0.478 e. The van der Waals surface area contributed by atoms with Crippen molar-refractivity contribution in [3.05, 3.63) is 23.6 Å². The molecule has 4 heteroatoms. The summed E-state index contributed by atoms with van der Waals surface area (Å²) in [5.41, 5.74) is 0.729. The first kappa shape index (κ1) is 12.9. The summed E-state index contributed by atoms with van der Waals surface area (Å²) < 4.78 is 18.4. The van der Waals surface area contributed by atoms with E-state index in [9.17, 15) is 4.39 Å². The summed E-state index contributed by atoms with van der Waals surface area (Å²) >= 11 is 0. The molecule has 1 heterocycles. The van der Waals surface area contributed by atoms with Gasteiger partial charge in [-0.1, -0.05) is 0 Å². The van der Waals surface area contributed by atoms with Crippen LogP contribution >= 0.6 is 0 Å². The number of halogens is 1. The van der Waals surface area contributed by atoms with Gasteiger partial charge in [0.1, 0.15) is 5.82 Å². The molecule has 0 aliphatic carbocycles. The van der Waals surface area contributed by atoms with Gasteiger partial charge in [-0.05, 0) is 33.8 Å². The molecule has 16 heavy (non-hydrogen) atoms. The van der Waals surface area contributed by atoms with Crippen molar-refractivity contribution >= 4 is 0 Å². The Morgan fingerprint density at radius 3 is 2.69 bits per heavy atom. The molecule has 0 unspecified atom stereocenters. The molecule has 0 spiro atoms. The number of ether oxygens (including phenoxy) is 1. The fourth-order valence-electron chi connectivity index (χ4n) is 1.22. The maximum absolute atomic E-state index is 13.1. The van der Waals surface area contributed by atoms with Crippen LogP contribution in [0.5, 0.6) is 5.88 Å². The van der Waals surface area contributed by atoms with E-state index in [0.29, 0.717) is 19.0 Å². The van der Waals surface area contributed by atoms with Crippen molar-refractivity contribution in [3.63, 3.8) is 0 Å². The van der Waals surface area contributed by atoms with Crippen molar-refractivity contribution in [1.82, 2.24) is 10.3 Å². The average Bonchev–Trinajstić information content (AvgIpc) is 2.17. The normalized spacial score (nSPS) is 11.6. The minimum absolute atomic E-state index is 0.0181. The molecule has 0 saturated carbocycles. The Bertz CT molecular complexity index is 347. The molecule has 1 rings (SSSR count). The van der Waals surface area contributed by atoms with Crippen LogP contribution in [0.1, 0.15) is 33.3 Å². The van der Waals surface area contributed by atoms with Crippen LogP contribution in [0.15, 0.2) is 12.3 Å². The number of nitrogens with one attached hydrogen (secondary N) is 1.